The van der Waals surface area contributed by atoms with Gasteiger partial charge in [0.2, 0.25) is 0 Å². The molecule has 1 aliphatic rings. The maximum absolute atomic E-state index is 12.0. The molecule has 0 radical (unpaired) electrons. The smallest absolute Gasteiger partial charge is 0.393 e. The molecule has 0 aromatic rings. The fraction of sp³-hybridized carbons (Fsp3) is 0.833. The Bertz CT molecular complexity index is 220. The third kappa shape index (κ3) is 1.88. The summed E-state index contributed by atoms with van der Waals surface area (Å²) >= 11 is 0. The molecule has 0 bridgehead atoms. The Hall–Kier alpha value is -0.490. The van der Waals surface area contributed by atoms with Crippen LogP contribution >= 0.6 is 12.4 Å². The molecule has 78 valence electrons. The van der Waals surface area contributed by atoms with E-state index >= 15 is 0 Å². The molecule has 0 aromatic heterocycles. The van der Waals surface area contributed by atoms with E-state index < -0.39 is 30.0 Å². The first-order valence-corrected chi connectivity index (χ1v) is 3.35. The molecule has 1 fully saturated rings. The summed E-state index contributed by atoms with van der Waals surface area (Å²) in [5.74, 6) is -3.21. The predicted octanol–water partition coefficient (Wildman–Crippen LogP) is 1.02. The van der Waals surface area contributed by atoms with Crippen LogP contribution in [0.25, 0.3) is 0 Å². The van der Waals surface area contributed by atoms with Crippen molar-refractivity contribution < 1.29 is 23.1 Å². The van der Waals surface area contributed by atoms with Gasteiger partial charge in [-0.05, 0) is 6.42 Å². The number of aliphatic carboxylic acids is 1. The number of carboxylic acids is 1. The molecule has 0 heterocycles. The number of alkyl halides is 3. The lowest BCUT2D eigenvalue weighted by Crippen LogP contribution is -2.31. The minimum atomic E-state index is -4.43. The van der Waals surface area contributed by atoms with Gasteiger partial charge in [0.15, 0.2) is 0 Å². The van der Waals surface area contributed by atoms with Crippen molar-refractivity contribution in [3.63, 3.8) is 0 Å². The van der Waals surface area contributed by atoms with Gasteiger partial charge in [0.05, 0.1) is 11.3 Å². The lowest BCUT2D eigenvalue weighted by molar-refractivity contribution is -0.167. The van der Waals surface area contributed by atoms with Crippen LogP contribution < -0.4 is 5.73 Å². The normalized spacial score (nSPS) is 32.2. The van der Waals surface area contributed by atoms with Crippen LogP contribution in [-0.4, -0.2) is 23.8 Å². The molecule has 0 spiro atoms. The Morgan fingerprint density at radius 3 is 2.15 bits per heavy atom. The third-order valence-electron chi connectivity index (χ3n) is 2.26. The van der Waals surface area contributed by atoms with Crippen LogP contribution in [0.3, 0.4) is 0 Å². The topological polar surface area (TPSA) is 63.3 Å². The summed E-state index contributed by atoms with van der Waals surface area (Å²) in [6, 6.07) is 0. The van der Waals surface area contributed by atoms with Crippen LogP contribution in [0.5, 0.6) is 0 Å². The maximum Gasteiger partial charge on any atom is 0.393 e. The standard InChI is InChI=1S/C6H8F3NO2.ClH/c7-6(8,9)3-1-5(3,2-10)4(11)12;/h3H,1-2,10H2,(H,11,12);1H/t3-,5+;/m0./s1. The van der Waals surface area contributed by atoms with Crippen molar-refractivity contribution in [2.75, 3.05) is 6.54 Å². The summed E-state index contributed by atoms with van der Waals surface area (Å²) in [5.41, 5.74) is 3.24. The molecular formula is C6H9ClF3NO2. The van der Waals surface area contributed by atoms with E-state index in [0.29, 0.717) is 0 Å². The van der Waals surface area contributed by atoms with Gasteiger partial charge < -0.3 is 10.8 Å². The van der Waals surface area contributed by atoms with Crippen molar-refractivity contribution in [2.45, 2.75) is 12.6 Å². The second kappa shape index (κ2) is 3.34. The van der Waals surface area contributed by atoms with Gasteiger partial charge in [-0.1, -0.05) is 0 Å². The summed E-state index contributed by atoms with van der Waals surface area (Å²) in [6.45, 7) is -0.452. The maximum atomic E-state index is 12.0. The number of rotatable bonds is 2. The van der Waals surface area contributed by atoms with Crippen LogP contribution in [0.4, 0.5) is 13.2 Å². The zero-order valence-electron chi connectivity index (χ0n) is 6.47. The molecule has 0 amide bonds. The van der Waals surface area contributed by atoms with Gasteiger partial charge >= 0.3 is 12.1 Å². The number of nitrogens with two attached hydrogens (primary N) is 1. The van der Waals surface area contributed by atoms with Crippen LogP contribution in [0, 0.1) is 11.3 Å². The quantitative estimate of drug-likeness (QED) is 0.729. The van der Waals surface area contributed by atoms with Crippen LogP contribution in [0.15, 0.2) is 0 Å². The average Bonchev–Trinajstić information content (AvgIpc) is 2.60. The third-order valence-corrected chi connectivity index (χ3v) is 2.26. The Morgan fingerprint density at radius 2 is 2.08 bits per heavy atom. The largest absolute Gasteiger partial charge is 0.481 e. The Kier molecular flexibility index (Phi) is 3.21. The van der Waals surface area contributed by atoms with Gasteiger partial charge in [0, 0.05) is 6.54 Å². The highest BCUT2D eigenvalue weighted by Crippen LogP contribution is 2.59. The second-order valence-electron chi connectivity index (χ2n) is 2.96. The summed E-state index contributed by atoms with van der Waals surface area (Å²) < 4.78 is 35.9. The van der Waals surface area contributed by atoms with Crippen molar-refractivity contribution >= 4 is 18.4 Å². The number of carbonyl (C=O) groups is 1. The zero-order chi connectivity index (χ0) is 9.57. The van der Waals surface area contributed by atoms with Gasteiger partial charge in [0.1, 0.15) is 0 Å². The predicted molar refractivity (Wildman–Crippen MR) is 40.5 cm³/mol. The minimum absolute atomic E-state index is 0. The molecule has 0 aliphatic heterocycles. The van der Waals surface area contributed by atoms with Gasteiger partial charge in [-0.3, -0.25) is 4.79 Å². The first-order chi connectivity index (χ1) is 5.34. The fourth-order valence-corrected chi connectivity index (χ4v) is 1.28. The molecular weight excluding hydrogens is 211 g/mol. The van der Waals surface area contributed by atoms with E-state index in [1.807, 2.05) is 0 Å². The van der Waals surface area contributed by atoms with Crippen LogP contribution in [-0.2, 0) is 4.79 Å². The molecule has 7 heteroatoms. The Balaban J connectivity index is 0.00000144. The number of hydrogen-bond acceptors (Lipinski definition) is 2. The molecule has 0 aromatic carbocycles. The second-order valence-corrected chi connectivity index (χ2v) is 2.96. The first-order valence-electron chi connectivity index (χ1n) is 3.35. The van der Waals surface area contributed by atoms with Crippen molar-refractivity contribution in [3.8, 4) is 0 Å². The van der Waals surface area contributed by atoms with Crippen molar-refractivity contribution in [3.05, 3.63) is 0 Å². The molecule has 2 atom stereocenters. The van der Waals surface area contributed by atoms with E-state index in [1.54, 1.807) is 0 Å². The van der Waals surface area contributed by atoms with E-state index in [1.165, 1.54) is 0 Å². The monoisotopic (exact) mass is 219 g/mol. The summed E-state index contributed by atoms with van der Waals surface area (Å²) in [7, 11) is 0. The molecule has 13 heavy (non-hydrogen) atoms. The van der Waals surface area contributed by atoms with E-state index in [2.05, 4.69) is 0 Å². The lowest BCUT2D eigenvalue weighted by atomic mass is 10.0. The minimum Gasteiger partial charge on any atom is -0.481 e. The van der Waals surface area contributed by atoms with E-state index in [0.717, 1.165) is 0 Å². The van der Waals surface area contributed by atoms with Crippen LogP contribution in [0.2, 0.25) is 0 Å². The Morgan fingerprint density at radius 1 is 1.62 bits per heavy atom. The molecule has 3 nitrogen and oxygen atoms in total. The molecule has 0 unspecified atom stereocenters. The average molecular weight is 220 g/mol. The fourth-order valence-electron chi connectivity index (χ4n) is 1.28. The summed E-state index contributed by atoms with van der Waals surface area (Å²) in [6.07, 6.45) is -4.82. The molecule has 1 rings (SSSR count). The van der Waals surface area contributed by atoms with Gasteiger partial charge in [0.25, 0.3) is 0 Å². The van der Waals surface area contributed by atoms with Gasteiger partial charge in [-0.15, -0.1) is 12.4 Å². The van der Waals surface area contributed by atoms with Crippen molar-refractivity contribution in [1.82, 2.24) is 0 Å². The first kappa shape index (κ1) is 12.5. The summed E-state index contributed by atoms with van der Waals surface area (Å²) in [5, 5.41) is 8.46. The zero-order valence-corrected chi connectivity index (χ0v) is 7.28. The molecule has 1 aliphatic carbocycles. The summed E-state index contributed by atoms with van der Waals surface area (Å²) in [4.78, 5) is 10.4. The lowest BCUT2D eigenvalue weighted by Gasteiger charge is -2.10. The highest BCUT2D eigenvalue weighted by atomic mass is 35.5. The van der Waals surface area contributed by atoms with Gasteiger partial charge in [-0.25, -0.2) is 0 Å². The van der Waals surface area contributed by atoms with E-state index in [-0.39, 0.29) is 18.8 Å². The SMILES string of the molecule is Cl.NC[C@]1(C(=O)O)C[C@@H]1C(F)(F)F. The van der Waals surface area contributed by atoms with E-state index in [4.69, 9.17) is 10.8 Å². The van der Waals surface area contributed by atoms with E-state index in [9.17, 15) is 18.0 Å². The van der Waals surface area contributed by atoms with Crippen molar-refractivity contribution in [2.24, 2.45) is 17.1 Å². The van der Waals surface area contributed by atoms with Crippen molar-refractivity contribution in [1.29, 1.82) is 0 Å². The molecule has 3 N–H and O–H groups in total. The highest BCUT2D eigenvalue weighted by molar-refractivity contribution is 5.85. The number of hydrogen-bond donors (Lipinski definition) is 2. The molecule has 1 saturated carbocycles. The van der Waals surface area contributed by atoms with Gasteiger partial charge in [-0.2, -0.15) is 13.2 Å². The number of halogens is 4. The molecule has 0 saturated heterocycles. The van der Waals surface area contributed by atoms with Crippen LogP contribution in [0.1, 0.15) is 6.42 Å². The number of carboxylic acid groups (broad SMARTS) is 1. The Labute approximate surface area is 78.5 Å². The highest BCUT2D eigenvalue weighted by Gasteiger charge is 2.70.